The van der Waals surface area contributed by atoms with E-state index in [0.29, 0.717) is 13.0 Å². The highest BCUT2D eigenvalue weighted by Crippen LogP contribution is 2.20. The highest BCUT2D eigenvalue weighted by atomic mass is 16.5. The van der Waals surface area contributed by atoms with Gasteiger partial charge in [0.15, 0.2) is 0 Å². The van der Waals surface area contributed by atoms with Crippen LogP contribution in [0.3, 0.4) is 0 Å². The van der Waals surface area contributed by atoms with Gasteiger partial charge in [-0.3, -0.25) is 4.79 Å². The van der Waals surface area contributed by atoms with Crippen LogP contribution in [-0.4, -0.2) is 36.5 Å². The summed E-state index contributed by atoms with van der Waals surface area (Å²) in [5.74, 6) is -0.142. The van der Waals surface area contributed by atoms with Crippen molar-refractivity contribution in [3.8, 4) is 0 Å². The second-order valence-corrected chi connectivity index (χ2v) is 5.64. The van der Waals surface area contributed by atoms with Crippen LogP contribution in [0.4, 0.5) is 0 Å². The monoisotopic (exact) mass is 283 g/mol. The van der Waals surface area contributed by atoms with E-state index in [4.69, 9.17) is 4.74 Å². The summed E-state index contributed by atoms with van der Waals surface area (Å²) in [6.07, 6.45) is 10.4. The molecule has 0 aliphatic carbocycles. The van der Waals surface area contributed by atoms with Gasteiger partial charge in [0.2, 0.25) is 5.91 Å². The average Bonchev–Trinajstić information content (AvgIpc) is 2.49. The summed E-state index contributed by atoms with van der Waals surface area (Å²) >= 11 is 0. The van der Waals surface area contributed by atoms with Crippen molar-refractivity contribution in [3.63, 3.8) is 0 Å². The van der Waals surface area contributed by atoms with Crippen molar-refractivity contribution in [1.82, 2.24) is 4.90 Å². The van der Waals surface area contributed by atoms with Gasteiger partial charge in [-0.25, -0.2) is 4.79 Å². The number of carbonyl (C=O) groups is 2. The molecule has 4 nitrogen and oxygen atoms in total. The molecule has 1 heterocycles. The van der Waals surface area contributed by atoms with Gasteiger partial charge in [0, 0.05) is 13.0 Å². The maximum absolute atomic E-state index is 12.2. The molecular weight excluding hydrogens is 254 g/mol. The molecule has 0 bridgehead atoms. The van der Waals surface area contributed by atoms with Gasteiger partial charge < -0.3 is 9.64 Å². The van der Waals surface area contributed by atoms with Crippen LogP contribution in [-0.2, 0) is 14.3 Å². The normalized spacial score (nSPS) is 18.9. The third kappa shape index (κ3) is 5.51. The summed E-state index contributed by atoms with van der Waals surface area (Å²) in [4.78, 5) is 25.7. The Bertz CT molecular complexity index is 304. The molecule has 0 aromatic heterocycles. The molecule has 0 saturated carbocycles. The van der Waals surface area contributed by atoms with Gasteiger partial charge in [0.1, 0.15) is 6.04 Å². The van der Waals surface area contributed by atoms with Crippen LogP contribution in [0.5, 0.6) is 0 Å². The second-order valence-electron chi connectivity index (χ2n) is 5.64. The van der Waals surface area contributed by atoms with Gasteiger partial charge in [-0.2, -0.15) is 0 Å². The van der Waals surface area contributed by atoms with Crippen LogP contribution >= 0.6 is 0 Å². The Morgan fingerprint density at radius 2 is 1.80 bits per heavy atom. The average molecular weight is 283 g/mol. The first-order chi connectivity index (χ1) is 9.70. The first kappa shape index (κ1) is 17.0. The SMILES string of the molecule is CCCCCCCCC(=O)N1CCCC[C@@H]1C(=O)OC. The van der Waals surface area contributed by atoms with E-state index in [2.05, 4.69) is 6.92 Å². The molecule has 20 heavy (non-hydrogen) atoms. The van der Waals surface area contributed by atoms with Gasteiger partial charge in [0.25, 0.3) is 0 Å². The van der Waals surface area contributed by atoms with E-state index in [1.807, 2.05) is 0 Å². The lowest BCUT2D eigenvalue weighted by molar-refractivity contribution is -0.154. The zero-order valence-corrected chi connectivity index (χ0v) is 13.0. The molecule has 1 fully saturated rings. The lowest BCUT2D eigenvalue weighted by Crippen LogP contribution is -2.48. The van der Waals surface area contributed by atoms with Gasteiger partial charge in [0.05, 0.1) is 7.11 Å². The number of methoxy groups -OCH3 is 1. The minimum Gasteiger partial charge on any atom is -0.467 e. The number of unbranched alkanes of at least 4 members (excludes halogenated alkanes) is 5. The number of ether oxygens (including phenoxy) is 1. The number of carbonyl (C=O) groups excluding carboxylic acids is 2. The Balaban J connectivity index is 2.30. The van der Waals surface area contributed by atoms with E-state index in [1.54, 1.807) is 4.90 Å². The number of hydrogen-bond acceptors (Lipinski definition) is 3. The quantitative estimate of drug-likeness (QED) is 0.507. The summed E-state index contributed by atoms with van der Waals surface area (Å²) in [6.45, 7) is 2.90. The van der Waals surface area contributed by atoms with Crippen molar-refractivity contribution in [3.05, 3.63) is 0 Å². The Morgan fingerprint density at radius 1 is 1.10 bits per heavy atom. The first-order valence-corrected chi connectivity index (χ1v) is 8.08. The number of rotatable bonds is 8. The molecule has 0 unspecified atom stereocenters. The number of esters is 1. The topological polar surface area (TPSA) is 46.6 Å². The largest absolute Gasteiger partial charge is 0.467 e. The van der Waals surface area contributed by atoms with Crippen molar-refractivity contribution in [2.24, 2.45) is 0 Å². The van der Waals surface area contributed by atoms with Crippen LogP contribution in [0.15, 0.2) is 0 Å². The lowest BCUT2D eigenvalue weighted by atomic mass is 10.0. The second kappa shape index (κ2) is 9.78. The number of nitrogens with zero attached hydrogens (tertiary/aromatic N) is 1. The number of piperidine rings is 1. The van der Waals surface area contributed by atoms with Crippen LogP contribution in [0.25, 0.3) is 0 Å². The van der Waals surface area contributed by atoms with Gasteiger partial charge in [-0.05, 0) is 25.7 Å². The van der Waals surface area contributed by atoms with Crippen molar-refractivity contribution in [2.45, 2.75) is 77.2 Å². The van der Waals surface area contributed by atoms with Crippen LogP contribution in [0.1, 0.15) is 71.1 Å². The van der Waals surface area contributed by atoms with Gasteiger partial charge in [-0.1, -0.05) is 39.0 Å². The molecule has 0 radical (unpaired) electrons. The Morgan fingerprint density at radius 3 is 2.50 bits per heavy atom. The summed E-state index contributed by atoms with van der Waals surface area (Å²) in [7, 11) is 1.40. The molecule has 0 aromatic rings. The van der Waals surface area contributed by atoms with Crippen molar-refractivity contribution in [2.75, 3.05) is 13.7 Å². The first-order valence-electron chi connectivity index (χ1n) is 8.08. The van der Waals surface area contributed by atoms with E-state index in [9.17, 15) is 9.59 Å². The molecule has 0 N–H and O–H groups in total. The van der Waals surface area contributed by atoms with Crippen molar-refractivity contribution < 1.29 is 14.3 Å². The predicted molar refractivity (Wildman–Crippen MR) is 79.4 cm³/mol. The zero-order valence-electron chi connectivity index (χ0n) is 13.0. The number of hydrogen-bond donors (Lipinski definition) is 0. The van der Waals surface area contributed by atoms with E-state index in [1.165, 1.54) is 32.8 Å². The Kier molecular flexibility index (Phi) is 8.31. The smallest absolute Gasteiger partial charge is 0.328 e. The molecule has 4 heteroatoms. The molecule has 1 saturated heterocycles. The summed E-state index contributed by atoms with van der Waals surface area (Å²) in [5.41, 5.74) is 0. The van der Waals surface area contributed by atoms with Crippen LogP contribution in [0.2, 0.25) is 0 Å². The fourth-order valence-corrected chi connectivity index (χ4v) is 2.81. The van der Waals surface area contributed by atoms with Crippen molar-refractivity contribution in [1.29, 1.82) is 0 Å². The van der Waals surface area contributed by atoms with E-state index in [-0.39, 0.29) is 17.9 Å². The third-order valence-electron chi connectivity index (χ3n) is 4.04. The minimum absolute atomic E-state index is 0.121. The molecule has 0 aromatic carbocycles. The maximum Gasteiger partial charge on any atom is 0.328 e. The fraction of sp³-hybridized carbons (Fsp3) is 0.875. The molecule has 1 atom stereocenters. The molecular formula is C16H29NO3. The Labute approximate surface area is 122 Å². The summed E-state index contributed by atoms with van der Waals surface area (Å²) in [5, 5.41) is 0. The molecule has 1 aliphatic heterocycles. The molecule has 1 rings (SSSR count). The fourth-order valence-electron chi connectivity index (χ4n) is 2.81. The minimum atomic E-state index is -0.346. The maximum atomic E-state index is 12.2. The Hall–Kier alpha value is -1.06. The van der Waals surface area contributed by atoms with Crippen LogP contribution < -0.4 is 0 Å². The molecule has 1 aliphatic rings. The molecule has 116 valence electrons. The summed E-state index contributed by atoms with van der Waals surface area (Å²) in [6, 6.07) is -0.346. The third-order valence-corrected chi connectivity index (χ3v) is 4.04. The zero-order chi connectivity index (χ0) is 14.8. The standard InChI is InChI=1S/C16H29NO3/c1-3-4-5-6-7-8-12-15(18)17-13-10-9-11-14(17)16(19)20-2/h14H,3-13H2,1-2H3/t14-/m1/s1. The predicted octanol–water partition coefficient (Wildman–Crippen LogP) is 3.29. The number of likely N-dealkylation sites (tertiary alicyclic amines) is 1. The van der Waals surface area contributed by atoms with Crippen LogP contribution in [0, 0.1) is 0 Å². The lowest BCUT2D eigenvalue weighted by Gasteiger charge is -2.33. The van der Waals surface area contributed by atoms with Gasteiger partial charge >= 0.3 is 5.97 Å². The molecule has 0 spiro atoms. The van der Waals surface area contributed by atoms with Gasteiger partial charge in [-0.15, -0.1) is 0 Å². The molecule has 1 amide bonds. The summed E-state index contributed by atoms with van der Waals surface area (Å²) < 4.78 is 4.81. The van der Waals surface area contributed by atoms with E-state index >= 15 is 0 Å². The van der Waals surface area contributed by atoms with Crippen molar-refractivity contribution >= 4 is 11.9 Å². The highest BCUT2D eigenvalue weighted by Gasteiger charge is 2.32. The van der Waals surface area contributed by atoms with E-state index < -0.39 is 0 Å². The van der Waals surface area contributed by atoms with E-state index in [0.717, 1.165) is 32.1 Å². The number of amides is 1. The highest BCUT2D eigenvalue weighted by molar-refractivity contribution is 5.84.